The summed E-state index contributed by atoms with van der Waals surface area (Å²) in [6.07, 6.45) is 0.232. The highest BCUT2D eigenvalue weighted by Crippen LogP contribution is 2.27. The Hall–Kier alpha value is -2.18. The van der Waals surface area contributed by atoms with Crippen molar-refractivity contribution in [2.45, 2.75) is 12.0 Å². The summed E-state index contributed by atoms with van der Waals surface area (Å²) >= 11 is 0. The van der Waals surface area contributed by atoms with E-state index in [0.717, 1.165) is 12.2 Å². The fourth-order valence-electron chi connectivity index (χ4n) is 1.53. The van der Waals surface area contributed by atoms with Gasteiger partial charge in [-0.2, -0.15) is 0 Å². The number of cyclic esters (lactones) is 2. The molecule has 0 saturated heterocycles. The lowest BCUT2D eigenvalue weighted by Crippen LogP contribution is -2.51. The highest BCUT2D eigenvalue weighted by molar-refractivity contribution is 5.92. The normalized spacial score (nSPS) is 29.8. The molecule has 1 heterocycles. The van der Waals surface area contributed by atoms with Gasteiger partial charge in [0.05, 0.1) is 0 Å². The van der Waals surface area contributed by atoms with E-state index in [-0.39, 0.29) is 5.56 Å². The van der Waals surface area contributed by atoms with E-state index in [1.807, 2.05) is 0 Å². The molecule has 3 N–H and O–H groups in total. The van der Waals surface area contributed by atoms with Gasteiger partial charge in [0.1, 0.15) is 0 Å². The third-order valence-electron chi connectivity index (χ3n) is 2.43. The van der Waals surface area contributed by atoms with Crippen LogP contribution in [0.2, 0.25) is 0 Å². The molecule has 0 amide bonds. The van der Waals surface area contributed by atoms with Gasteiger partial charge in [-0.1, -0.05) is 30.3 Å². The Labute approximate surface area is 103 Å². The smallest absolute Gasteiger partial charge is 0.333 e. The van der Waals surface area contributed by atoms with E-state index < -0.39 is 24.0 Å². The Morgan fingerprint density at radius 1 is 1.11 bits per heavy atom. The highest BCUT2D eigenvalue weighted by Gasteiger charge is 2.43. The molecule has 94 valence electrons. The molecule has 1 aliphatic rings. The van der Waals surface area contributed by atoms with Crippen LogP contribution < -0.4 is 5.73 Å². The van der Waals surface area contributed by atoms with Crippen LogP contribution in [0, 0.1) is 0 Å². The van der Waals surface area contributed by atoms with Gasteiger partial charge < -0.3 is 14.6 Å². The first-order valence-electron chi connectivity index (χ1n) is 5.17. The van der Waals surface area contributed by atoms with E-state index in [1.54, 1.807) is 18.2 Å². The molecule has 2 atom stereocenters. The molecule has 6 heteroatoms. The van der Waals surface area contributed by atoms with Crippen LogP contribution in [0.1, 0.15) is 5.56 Å². The van der Waals surface area contributed by atoms with E-state index >= 15 is 0 Å². The minimum atomic E-state index is -2.21. The second-order valence-electron chi connectivity index (χ2n) is 3.67. The molecule has 1 aromatic carbocycles. The van der Waals surface area contributed by atoms with Crippen LogP contribution >= 0.6 is 0 Å². The molecule has 2 rings (SSSR count). The van der Waals surface area contributed by atoms with Crippen LogP contribution in [0.4, 0.5) is 0 Å². The number of ether oxygens (including phenoxy) is 2. The summed E-state index contributed by atoms with van der Waals surface area (Å²) in [7, 11) is 0. The summed E-state index contributed by atoms with van der Waals surface area (Å²) in [4.78, 5) is 22.6. The fourth-order valence-corrected chi connectivity index (χ4v) is 1.53. The van der Waals surface area contributed by atoms with E-state index in [1.165, 1.54) is 12.1 Å². The molecule has 0 aromatic heterocycles. The first-order valence-corrected chi connectivity index (χ1v) is 5.17. The van der Waals surface area contributed by atoms with Crippen molar-refractivity contribution in [3.63, 3.8) is 0 Å². The molecule has 0 aliphatic carbocycles. The molecule has 0 radical (unpaired) electrons. The van der Waals surface area contributed by atoms with Crippen LogP contribution in [0.5, 0.6) is 0 Å². The van der Waals surface area contributed by atoms with Crippen LogP contribution in [0.15, 0.2) is 42.5 Å². The Bertz CT molecular complexity index is 498. The monoisotopic (exact) mass is 249 g/mol. The maximum atomic E-state index is 11.4. The lowest BCUT2D eigenvalue weighted by atomic mass is 10.0. The van der Waals surface area contributed by atoms with Crippen molar-refractivity contribution in [1.29, 1.82) is 0 Å². The summed E-state index contributed by atoms with van der Waals surface area (Å²) in [6, 6.07) is 7.99. The average molecular weight is 249 g/mol. The Balaban J connectivity index is 2.43. The number of carbonyl (C=O) groups is 2. The molecule has 0 bridgehead atoms. The molecule has 18 heavy (non-hydrogen) atoms. The highest BCUT2D eigenvalue weighted by atomic mass is 16.7. The maximum absolute atomic E-state index is 11.4. The largest absolute Gasteiger partial charge is 0.436 e. The standard InChI is InChI=1S/C12H11NO5/c13-11-12(16,8-4-2-1-3-5-8)18-10(15)7-6-9(14)17-11/h1-7,11,16H,13H2/b7-6+. The number of hydrogen-bond donors (Lipinski definition) is 2. The van der Waals surface area contributed by atoms with Gasteiger partial charge in [0.15, 0.2) is 0 Å². The topological polar surface area (TPSA) is 98.9 Å². The second kappa shape index (κ2) is 4.59. The number of esters is 2. The minimum Gasteiger partial charge on any atom is -0.436 e. The molecule has 6 nitrogen and oxygen atoms in total. The zero-order valence-corrected chi connectivity index (χ0v) is 9.28. The molecule has 1 aliphatic heterocycles. The lowest BCUT2D eigenvalue weighted by Gasteiger charge is -2.32. The molecule has 1 aromatic rings. The van der Waals surface area contributed by atoms with Crippen molar-refractivity contribution < 1.29 is 24.2 Å². The van der Waals surface area contributed by atoms with Gasteiger partial charge in [0, 0.05) is 17.7 Å². The molecular formula is C12H11NO5. The third kappa shape index (κ3) is 2.24. The number of hydrogen-bond acceptors (Lipinski definition) is 6. The lowest BCUT2D eigenvalue weighted by molar-refractivity contribution is -0.257. The first kappa shape index (κ1) is 12.3. The van der Waals surface area contributed by atoms with E-state index in [2.05, 4.69) is 0 Å². The maximum Gasteiger partial charge on any atom is 0.333 e. The van der Waals surface area contributed by atoms with Crippen molar-refractivity contribution in [2.24, 2.45) is 5.73 Å². The number of carbonyl (C=O) groups excluding carboxylic acids is 2. The van der Waals surface area contributed by atoms with Crippen molar-refractivity contribution in [3.05, 3.63) is 48.0 Å². The SMILES string of the molecule is NC1OC(=O)/C=C/C(=O)OC1(O)c1ccccc1. The van der Waals surface area contributed by atoms with Gasteiger partial charge in [0.25, 0.3) is 5.79 Å². The van der Waals surface area contributed by atoms with Crippen molar-refractivity contribution in [1.82, 2.24) is 0 Å². The Morgan fingerprint density at radius 2 is 1.72 bits per heavy atom. The van der Waals surface area contributed by atoms with Gasteiger partial charge in [-0.15, -0.1) is 0 Å². The summed E-state index contributed by atoms with van der Waals surface area (Å²) < 4.78 is 9.59. The number of benzene rings is 1. The van der Waals surface area contributed by atoms with E-state index in [0.29, 0.717) is 0 Å². The summed E-state index contributed by atoms with van der Waals surface area (Å²) in [6.45, 7) is 0. The molecule has 0 spiro atoms. The van der Waals surface area contributed by atoms with Gasteiger partial charge in [-0.05, 0) is 0 Å². The van der Waals surface area contributed by atoms with Gasteiger partial charge in [-0.25, -0.2) is 9.59 Å². The predicted molar refractivity (Wildman–Crippen MR) is 59.6 cm³/mol. The van der Waals surface area contributed by atoms with Crippen molar-refractivity contribution >= 4 is 11.9 Å². The molecule has 2 unspecified atom stereocenters. The first-order chi connectivity index (χ1) is 8.52. The predicted octanol–water partition coefficient (Wildman–Crippen LogP) is -0.227. The van der Waals surface area contributed by atoms with Gasteiger partial charge in [0.2, 0.25) is 6.23 Å². The minimum absolute atomic E-state index is 0.217. The third-order valence-corrected chi connectivity index (χ3v) is 2.43. The van der Waals surface area contributed by atoms with Crippen molar-refractivity contribution in [2.75, 3.05) is 0 Å². The van der Waals surface area contributed by atoms with E-state index in [4.69, 9.17) is 15.2 Å². The summed E-state index contributed by atoms with van der Waals surface area (Å²) in [5, 5.41) is 10.3. The Kier molecular flexibility index (Phi) is 3.14. The van der Waals surface area contributed by atoms with E-state index in [9.17, 15) is 14.7 Å². The van der Waals surface area contributed by atoms with Crippen LogP contribution in [0.3, 0.4) is 0 Å². The second-order valence-corrected chi connectivity index (χ2v) is 3.67. The van der Waals surface area contributed by atoms with Gasteiger partial charge >= 0.3 is 11.9 Å². The zero-order valence-electron chi connectivity index (χ0n) is 9.28. The fraction of sp³-hybridized carbons (Fsp3) is 0.167. The van der Waals surface area contributed by atoms with Crippen LogP contribution in [-0.2, 0) is 24.8 Å². The number of aliphatic hydroxyl groups is 1. The summed E-state index contributed by atoms with van der Waals surface area (Å²) in [5.41, 5.74) is 5.78. The summed E-state index contributed by atoms with van der Waals surface area (Å²) in [5.74, 6) is -3.92. The van der Waals surface area contributed by atoms with Crippen molar-refractivity contribution in [3.8, 4) is 0 Å². The molecule has 0 fully saturated rings. The van der Waals surface area contributed by atoms with Crippen LogP contribution in [0.25, 0.3) is 0 Å². The molecule has 0 saturated carbocycles. The number of nitrogens with two attached hydrogens (primary N) is 1. The zero-order chi connectivity index (χ0) is 13.2. The quantitative estimate of drug-likeness (QED) is 0.667. The average Bonchev–Trinajstić information content (AvgIpc) is 2.36. The molecular weight excluding hydrogens is 238 g/mol. The number of rotatable bonds is 1. The van der Waals surface area contributed by atoms with Gasteiger partial charge in [-0.3, -0.25) is 5.73 Å². The Morgan fingerprint density at radius 3 is 2.39 bits per heavy atom. The van der Waals surface area contributed by atoms with Crippen LogP contribution in [-0.4, -0.2) is 23.3 Å².